The Morgan fingerprint density at radius 2 is 1.16 bits per heavy atom. The lowest BCUT2D eigenvalue weighted by atomic mass is 10.2. The lowest BCUT2D eigenvalue weighted by Gasteiger charge is -2.10. The van der Waals surface area contributed by atoms with Crippen molar-refractivity contribution in [3.8, 4) is 11.5 Å². The van der Waals surface area contributed by atoms with Crippen molar-refractivity contribution in [3.05, 3.63) is 59.7 Å². The van der Waals surface area contributed by atoms with Crippen LogP contribution < -0.4 is 4.74 Å². The first-order chi connectivity index (χ1) is 15.2. The molecule has 0 radical (unpaired) electrons. The second-order valence-corrected chi connectivity index (χ2v) is 8.60. The van der Waals surface area contributed by atoms with Crippen LogP contribution in [0, 0.1) is 11.8 Å². The molecule has 5 heteroatoms. The van der Waals surface area contributed by atoms with Crippen molar-refractivity contribution in [1.82, 2.24) is 0 Å². The molecule has 0 bridgehead atoms. The molecule has 0 aromatic heterocycles. The standard InChI is InChI=1S/C26H30O5/c27-25(29-15-3-5-19-11-12-19)21-7-1-9-23(17-21)31-24-10-2-8-22(18-24)26(28)30-16-4-6-20-13-14-20/h1-2,7-10,17-20H,3-6,11-16H2. The predicted octanol–water partition coefficient (Wildman–Crippen LogP) is 6.17. The zero-order valence-corrected chi connectivity index (χ0v) is 17.9. The molecule has 0 unspecified atom stereocenters. The van der Waals surface area contributed by atoms with Crippen LogP contribution in [0.3, 0.4) is 0 Å². The van der Waals surface area contributed by atoms with Gasteiger partial charge in [-0.05, 0) is 73.9 Å². The van der Waals surface area contributed by atoms with Crippen LogP contribution in [-0.4, -0.2) is 25.2 Å². The van der Waals surface area contributed by atoms with Crippen LogP contribution in [0.1, 0.15) is 72.1 Å². The Morgan fingerprint density at radius 1 is 0.710 bits per heavy atom. The molecule has 2 aromatic carbocycles. The number of rotatable bonds is 12. The minimum Gasteiger partial charge on any atom is -0.462 e. The SMILES string of the molecule is O=C(OCCCC1CC1)c1cccc(Oc2cccc(C(=O)OCCCC3CC3)c2)c1. The van der Waals surface area contributed by atoms with Gasteiger partial charge < -0.3 is 14.2 Å². The minimum absolute atomic E-state index is 0.343. The van der Waals surface area contributed by atoms with Crippen molar-refractivity contribution in [2.75, 3.05) is 13.2 Å². The van der Waals surface area contributed by atoms with Gasteiger partial charge >= 0.3 is 11.9 Å². The van der Waals surface area contributed by atoms with Gasteiger partial charge in [0.25, 0.3) is 0 Å². The Labute approximate surface area is 183 Å². The average molecular weight is 423 g/mol. The molecule has 0 N–H and O–H groups in total. The summed E-state index contributed by atoms with van der Waals surface area (Å²) in [5.74, 6) is 2.02. The fourth-order valence-corrected chi connectivity index (χ4v) is 3.56. The lowest BCUT2D eigenvalue weighted by molar-refractivity contribution is 0.0487. The summed E-state index contributed by atoms with van der Waals surface area (Å²) in [5.41, 5.74) is 0.908. The molecule has 5 nitrogen and oxygen atoms in total. The third kappa shape index (κ3) is 7.12. The highest BCUT2D eigenvalue weighted by Gasteiger charge is 2.21. The van der Waals surface area contributed by atoms with Gasteiger partial charge in [-0.2, -0.15) is 0 Å². The number of hydrogen-bond acceptors (Lipinski definition) is 5. The predicted molar refractivity (Wildman–Crippen MR) is 117 cm³/mol. The molecule has 31 heavy (non-hydrogen) atoms. The summed E-state index contributed by atoms with van der Waals surface area (Å²) in [6.07, 6.45) is 9.34. The second kappa shape index (κ2) is 10.5. The van der Waals surface area contributed by atoms with Gasteiger partial charge in [-0.1, -0.05) is 37.8 Å². The minimum atomic E-state index is -0.343. The van der Waals surface area contributed by atoms with E-state index >= 15 is 0 Å². The summed E-state index contributed by atoms with van der Waals surface area (Å²) >= 11 is 0. The van der Waals surface area contributed by atoms with E-state index in [4.69, 9.17) is 14.2 Å². The number of carbonyl (C=O) groups is 2. The highest BCUT2D eigenvalue weighted by molar-refractivity contribution is 5.90. The van der Waals surface area contributed by atoms with E-state index in [2.05, 4.69) is 0 Å². The van der Waals surface area contributed by atoms with Gasteiger partial charge in [0.2, 0.25) is 0 Å². The molecular weight excluding hydrogens is 392 g/mol. The molecule has 2 aromatic rings. The van der Waals surface area contributed by atoms with Gasteiger partial charge in [0.1, 0.15) is 11.5 Å². The van der Waals surface area contributed by atoms with Gasteiger partial charge in [-0.15, -0.1) is 0 Å². The summed E-state index contributed by atoms with van der Waals surface area (Å²) in [4.78, 5) is 24.6. The van der Waals surface area contributed by atoms with Gasteiger partial charge in [0.15, 0.2) is 0 Å². The van der Waals surface area contributed by atoms with Gasteiger partial charge in [-0.25, -0.2) is 9.59 Å². The van der Waals surface area contributed by atoms with Crippen molar-refractivity contribution in [3.63, 3.8) is 0 Å². The highest BCUT2D eigenvalue weighted by Crippen LogP contribution is 2.34. The van der Waals surface area contributed by atoms with E-state index in [-0.39, 0.29) is 11.9 Å². The second-order valence-electron chi connectivity index (χ2n) is 8.60. The van der Waals surface area contributed by atoms with Crippen LogP contribution in [0.25, 0.3) is 0 Å². The summed E-state index contributed by atoms with van der Waals surface area (Å²) < 4.78 is 16.6. The summed E-state index contributed by atoms with van der Waals surface area (Å²) in [5, 5.41) is 0. The van der Waals surface area contributed by atoms with E-state index in [0.29, 0.717) is 35.8 Å². The van der Waals surface area contributed by atoms with Crippen molar-refractivity contribution in [2.45, 2.75) is 51.4 Å². The van der Waals surface area contributed by atoms with Crippen molar-refractivity contribution < 1.29 is 23.8 Å². The monoisotopic (exact) mass is 422 g/mol. The van der Waals surface area contributed by atoms with Gasteiger partial charge in [0.05, 0.1) is 24.3 Å². The van der Waals surface area contributed by atoms with Crippen LogP contribution in [0.2, 0.25) is 0 Å². The summed E-state index contributed by atoms with van der Waals surface area (Å²) in [7, 11) is 0. The van der Waals surface area contributed by atoms with Crippen molar-refractivity contribution >= 4 is 11.9 Å². The number of ether oxygens (including phenoxy) is 3. The van der Waals surface area contributed by atoms with Gasteiger partial charge in [0, 0.05) is 0 Å². The van der Waals surface area contributed by atoms with E-state index in [1.54, 1.807) is 48.5 Å². The third-order valence-electron chi connectivity index (χ3n) is 5.75. The molecule has 0 atom stereocenters. The molecule has 2 fully saturated rings. The fourth-order valence-electron chi connectivity index (χ4n) is 3.56. The molecular formula is C26H30O5. The fraction of sp³-hybridized carbons (Fsp3) is 0.462. The Bertz CT molecular complexity index is 825. The van der Waals surface area contributed by atoms with Crippen molar-refractivity contribution in [2.24, 2.45) is 11.8 Å². The first-order valence-corrected chi connectivity index (χ1v) is 11.4. The zero-order chi connectivity index (χ0) is 21.5. The maximum Gasteiger partial charge on any atom is 0.338 e. The lowest BCUT2D eigenvalue weighted by Crippen LogP contribution is -2.07. The van der Waals surface area contributed by atoms with E-state index in [1.165, 1.54) is 25.7 Å². The van der Waals surface area contributed by atoms with Crippen LogP contribution in [0.15, 0.2) is 48.5 Å². The van der Waals surface area contributed by atoms with Crippen LogP contribution in [-0.2, 0) is 9.47 Å². The van der Waals surface area contributed by atoms with Crippen LogP contribution in [0.5, 0.6) is 11.5 Å². The summed E-state index contributed by atoms with van der Waals surface area (Å²) in [6.45, 7) is 0.899. The Kier molecular flexibility index (Phi) is 7.23. The molecule has 2 saturated carbocycles. The molecule has 2 aliphatic rings. The largest absolute Gasteiger partial charge is 0.462 e. The van der Waals surface area contributed by atoms with Crippen LogP contribution >= 0.6 is 0 Å². The van der Waals surface area contributed by atoms with Crippen molar-refractivity contribution in [1.29, 1.82) is 0 Å². The molecule has 0 saturated heterocycles. The Morgan fingerprint density at radius 3 is 1.58 bits per heavy atom. The number of esters is 2. The average Bonchev–Trinajstić information content (AvgIpc) is 3.70. The molecule has 4 rings (SSSR count). The Balaban J connectivity index is 1.27. The maximum absolute atomic E-state index is 12.3. The smallest absolute Gasteiger partial charge is 0.338 e. The molecule has 164 valence electrons. The third-order valence-corrected chi connectivity index (χ3v) is 5.75. The quantitative estimate of drug-likeness (QED) is 0.302. The first kappa shape index (κ1) is 21.4. The van der Waals surface area contributed by atoms with E-state index in [1.807, 2.05) is 0 Å². The highest BCUT2D eigenvalue weighted by atomic mass is 16.5. The van der Waals surface area contributed by atoms with E-state index in [0.717, 1.165) is 37.5 Å². The molecule has 0 amide bonds. The first-order valence-electron chi connectivity index (χ1n) is 11.4. The topological polar surface area (TPSA) is 61.8 Å². The number of hydrogen-bond donors (Lipinski definition) is 0. The molecule has 0 heterocycles. The molecule has 0 spiro atoms. The van der Waals surface area contributed by atoms with Crippen LogP contribution in [0.4, 0.5) is 0 Å². The van der Waals surface area contributed by atoms with E-state index in [9.17, 15) is 9.59 Å². The maximum atomic E-state index is 12.3. The Hall–Kier alpha value is -2.82. The summed E-state index contributed by atoms with van der Waals surface area (Å²) in [6, 6.07) is 13.8. The van der Waals surface area contributed by atoms with Gasteiger partial charge in [-0.3, -0.25) is 0 Å². The molecule has 2 aliphatic carbocycles. The zero-order valence-electron chi connectivity index (χ0n) is 17.9. The molecule has 0 aliphatic heterocycles. The number of carbonyl (C=O) groups excluding carboxylic acids is 2. The van der Waals surface area contributed by atoms with E-state index < -0.39 is 0 Å². The normalized spacial score (nSPS) is 15.4. The number of benzene rings is 2.